The first kappa shape index (κ1) is 19.2. The predicted octanol–water partition coefficient (Wildman–Crippen LogP) is 1.72. The van der Waals surface area contributed by atoms with Crippen LogP contribution in [0.3, 0.4) is 0 Å². The number of fused-ring (bicyclic) bond motifs is 3. The van der Waals surface area contributed by atoms with Gasteiger partial charge < -0.3 is 4.90 Å². The van der Waals surface area contributed by atoms with E-state index >= 15 is 0 Å². The van der Waals surface area contributed by atoms with Crippen LogP contribution >= 0.6 is 11.6 Å². The molecule has 3 amide bonds. The van der Waals surface area contributed by atoms with Crippen molar-refractivity contribution in [2.24, 2.45) is 5.10 Å². The van der Waals surface area contributed by atoms with E-state index < -0.39 is 12.2 Å². The summed E-state index contributed by atoms with van der Waals surface area (Å²) in [5.74, 6) is -0.194. The Bertz CT molecular complexity index is 845. The van der Waals surface area contributed by atoms with Crippen molar-refractivity contribution < 1.29 is 9.59 Å². The molecule has 3 aliphatic heterocycles. The molecule has 0 saturated carbocycles. The molecule has 3 aliphatic rings. The van der Waals surface area contributed by atoms with Gasteiger partial charge in [0.2, 0.25) is 0 Å². The number of urea groups is 1. The number of nitrogens with one attached hydrogen (secondary N) is 1. The molecule has 1 aromatic carbocycles. The number of halogens is 1. The number of imide groups is 1. The maximum atomic E-state index is 13.5. The van der Waals surface area contributed by atoms with Crippen molar-refractivity contribution in [1.29, 1.82) is 0 Å². The highest BCUT2D eigenvalue weighted by molar-refractivity contribution is 6.30. The molecule has 8 nitrogen and oxygen atoms in total. The molecule has 1 aromatic rings. The van der Waals surface area contributed by atoms with Crippen molar-refractivity contribution in [2.75, 3.05) is 13.6 Å². The van der Waals surface area contributed by atoms with E-state index in [1.807, 2.05) is 37.9 Å². The number of hydrazone groups is 1. The summed E-state index contributed by atoms with van der Waals surface area (Å²) in [5.41, 5.74) is 1.78. The van der Waals surface area contributed by atoms with Gasteiger partial charge in [-0.05, 0) is 38.5 Å². The number of carbonyl (C=O) groups is 2. The van der Waals surface area contributed by atoms with Gasteiger partial charge in [0, 0.05) is 18.6 Å². The van der Waals surface area contributed by atoms with Gasteiger partial charge >= 0.3 is 6.03 Å². The standard InChI is InChI=1S/C19H25ClN6O2/c1-5-25-18-21-16-15(26(18)12(3)11(2)22-25)17(27)24(19(28)23(16)4)10-13-7-6-8-14(20)9-13/h6-9,12,15-16,18,21H,5,10H2,1-4H3. The molecule has 3 heterocycles. The van der Waals surface area contributed by atoms with Crippen LogP contribution in [0.2, 0.25) is 5.02 Å². The average molecular weight is 405 g/mol. The SMILES string of the molecule is CCN1N=C(C)C(C)N2C3C(=O)N(Cc4cccc(Cl)c4)C(=O)N(C)C3NC12. The van der Waals surface area contributed by atoms with E-state index in [1.54, 1.807) is 24.1 Å². The quantitative estimate of drug-likeness (QED) is 0.830. The Hall–Kier alpha value is -2.16. The first-order valence-corrected chi connectivity index (χ1v) is 9.89. The molecule has 2 saturated heterocycles. The maximum Gasteiger partial charge on any atom is 0.328 e. The minimum atomic E-state index is -0.471. The van der Waals surface area contributed by atoms with Crippen molar-refractivity contribution in [3.8, 4) is 0 Å². The summed E-state index contributed by atoms with van der Waals surface area (Å²) < 4.78 is 0. The van der Waals surface area contributed by atoms with Gasteiger partial charge in [0.25, 0.3) is 5.91 Å². The minimum Gasteiger partial charge on any atom is -0.310 e. The Morgan fingerprint density at radius 1 is 1.29 bits per heavy atom. The van der Waals surface area contributed by atoms with Gasteiger partial charge in [0.15, 0.2) is 6.29 Å². The molecule has 4 atom stereocenters. The molecule has 2 fully saturated rings. The lowest BCUT2D eigenvalue weighted by Crippen LogP contribution is -2.67. The summed E-state index contributed by atoms with van der Waals surface area (Å²) in [6.07, 6.45) is -0.609. The van der Waals surface area contributed by atoms with Crippen LogP contribution in [0.15, 0.2) is 29.4 Å². The van der Waals surface area contributed by atoms with Crippen LogP contribution in [0.25, 0.3) is 0 Å². The Labute approximate surface area is 169 Å². The van der Waals surface area contributed by atoms with Crippen molar-refractivity contribution in [3.05, 3.63) is 34.9 Å². The molecule has 4 unspecified atom stereocenters. The number of amides is 3. The third kappa shape index (κ3) is 2.87. The molecule has 0 radical (unpaired) electrons. The van der Waals surface area contributed by atoms with Crippen LogP contribution in [0.1, 0.15) is 26.3 Å². The van der Waals surface area contributed by atoms with Crippen molar-refractivity contribution in [3.63, 3.8) is 0 Å². The zero-order chi connectivity index (χ0) is 20.2. The highest BCUT2D eigenvalue weighted by Gasteiger charge is 2.57. The predicted molar refractivity (Wildman–Crippen MR) is 106 cm³/mol. The van der Waals surface area contributed by atoms with E-state index in [2.05, 4.69) is 15.3 Å². The third-order valence-electron chi connectivity index (χ3n) is 5.87. The zero-order valence-corrected chi connectivity index (χ0v) is 17.2. The van der Waals surface area contributed by atoms with Gasteiger partial charge in [-0.15, -0.1) is 0 Å². The van der Waals surface area contributed by atoms with E-state index in [4.69, 9.17) is 11.6 Å². The fourth-order valence-electron chi connectivity index (χ4n) is 4.25. The second-order valence-corrected chi connectivity index (χ2v) is 7.93. The van der Waals surface area contributed by atoms with E-state index in [0.29, 0.717) is 11.6 Å². The maximum absolute atomic E-state index is 13.5. The van der Waals surface area contributed by atoms with Crippen LogP contribution in [-0.4, -0.2) is 75.5 Å². The van der Waals surface area contributed by atoms with Crippen molar-refractivity contribution in [2.45, 2.75) is 51.9 Å². The molecule has 0 bridgehead atoms. The number of hydrogen-bond donors (Lipinski definition) is 1. The first-order chi connectivity index (χ1) is 13.3. The van der Waals surface area contributed by atoms with Crippen LogP contribution in [-0.2, 0) is 11.3 Å². The number of nitrogens with zero attached hydrogens (tertiary/aromatic N) is 5. The van der Waals surface area contributed by atoms with E-state index in [9.17, 15) is 9.59 Å². The fraction of sp³-hybridized carbons (Fsp3) is 0.526. The van der Waals surface area contributed by atoms with E-state index in [0.717, 1.165) is 11.3 Å². The Balaban J connectivity index is 1.67. The smallest absolute Gasteiger partial charge is 0.310 e. The first-order valence-electron chi connectivity index (χ1n) is 9.51. The topological polar surface area (TPSA) is 71.5 Å². The number of benzene rings is 1. The summed E-state index contributed by atoms with van der Waals surface area (Å²) in [6, 6.07) is 6.45. The lowest BCUT2D eigenvalue weighted by Gasteiger charge is -2.44. The summed E-state index contributed by atoms with van der Waals surface area (Å²) in [6.45, 7) is 6.95. The highest BCUT2D eigenvalue weighted by atomic mass is 35.5. The molecule has 150 valence electrons. The summed E-state index contributed by atoms with van der Waals surface area (Å²) in [5, 5.41) is 10.6. The van der Waals surface area contributed by atoms with E-state index in [1.165, 1.54) is 4.90 Å². The molecule has 0 spiro atoms. The molecular weight excluding hydrogens is 380 g/mol. The summed E-state index contributed by atoms with van der Waals surface area (Å²) in [7, 11) is 1.73. The molecule has 28 heavy (non-hydrogen) atoms. The molecule has 1 N–H and O–H groups in total. The minimum absolute atomic E-state index is 0.00567. The number of hydrogen-bond acceptors (Lipinski definition) is 6. The van der Waals surface area contributed by atoms with Gasteiger partial charge in [0.1, 0.15) is 12.2 Å². The van der Waals surface area contributed by atoms with Crippen LogP contribution in [0.4, 0.5) is 4.79 Å². The Kier molecular flexibility index (Phi) is 4.81. The fourth-order valence-corrected chi connectivity index (χ4v) is 4.46. The lowest BCUT2D eigenvalue weighted by atomic mass is 10.0. The molecule has 4 rings (SSSR count). The molecule has 0 aliphatic carbocycles. The summed E-state index contributed by atoms with van der Waals surface area (Å²) in [4.78, 5) is 31.5. The third-order valence-corrected chi connectivity index (χ3v) is 6.10. The van der Waals surface area contributed by atoms with Crippen molar-refractivity contribution in [1.82, 2.24) is 25.0 Å². The molecular formula is C19H25ClN6O2. The summed E-state index contributed by atoms with van der Waals surface area (Å²) >= 11 is 6.08. The number of likely N-dealkylation sites (N-methyl/N-ethyl adjacent to an activating group) is 1. The molecule has 9 heteroatoms. The Morgan fingerprint density at radius 3 is 2.71 bits per heavy atom. The van der Waals surface area contributed by atoms with Crippen LogP contribution < -0.4 is 5.32 Å². The van der Waals surface area contributed by atoms with E-state index in [-0.39, 0.29) is 30.8 Å². The monoisotopic (exact) mass is 404 g/mol. The van der Waals surface area contributed by atoms with Crippen molar-refractivity contribution >= 4 is 29.3 Å². The van der Waals surface area contributed by atoms with Gasteiger partial charge in [-0.25, -0.2) is 9.69 Å². The van der Waals surface area contributed by atoms with Crippen LogP contribution in [0, 0.1) is 0 Å². The van der Waals surface area contributed by atoms with Gasteiger partial charge in [-0.3, -0.25) is 20.0 Å². The second kappa shape index (κ2) is 7.02. The lowest BCUT2D eigenvalue weighted by molar-refractivity contribution is -0.140. The number of carbonyl (C=O) groups excluding carboxylic acids is 2. The number of rotatable bonds is 3. The zero-order valence-electron chi connectivity index (χ0n) is 16.5. The largest absolute Gasteiger partial charge is 0.328 e. The molecule has 0 aromatic heterocycles. The normalized spacial score (nSPS) is 30.5. The van der Waals surface area contributed by atoms with Gasteiger partial charge in [-0.2, -0.15) is 5.10 Å². The average Bonchev–Trinajstić information content (AvgIpc) is 3.07. The highest BCUT2D eigenvalue weighted by Crippen LogP contribution is 2.33. The Morgan fingerprint density at radius 2 is 2.04 bits per heavy atom. The van der Waals surface area contributed by atoms with Crippen LogP contribution in [0.5, 0.6) is 0 Å². The van der Waals surface area contributed by atoms with Gasteiger partial charge in [0.05, 0.1) is 18.3 Å². The van der Waals surface area contributed by atoms with Gasteiger partial charge in [-0.1, -0.05) is 23.7 Å². The second-order valence-electron chi connectivity index (χ2n) is 7.50.